The lowest BCUT2D eigenvalue weighted by Crippen LogP contribution is -2.52. The minimum Gasteiger partial charge on any atom is -0.444 e. The van der Waals surface area contributed by atoms with E-state index in [2.05, 4.69) is 0 Å². The summed E-state index contributed by atoms with van der Waals surface area (Å²) in [6, 6.07) is -0.0526. The Balaban J connectivity index is 1.96. The summed E-state index contributed by atoms with van der Waals surface area (Å²) in [5.74, 6) is 0.683. The Bertz CT molecular complexity index is 313. The standard InChI is InChI=1S/C12H22N2O3/c1-12(2,3)17-11(16)14-5-7-4-9(14)10(7)8(13)6-15/h7-10,15H,4-6,13H2,1-3H3/t7-,8+,9-,10?/m0/s1. The maximum absolute atomic E-state index is 12.0. The molecule has 1 aliphatic carbocycles. The smallest absolute Gasteiger partial charge is 0.410 e. The van der Waals surface area contributed by atoms with Gasteiger partial charge in [0, 0.05) is 24.5 Å². The first-order chi connectivity index (χ1) is 7.83. The van der Waals surface area contributed by atoms with Crippen molar-refractivity contribution in [2.45, 2.75) is 44.9 Å². The molecule has 3 N–H and O–H groups in total. The van der Waals surface area contributed by atoms with Gasteiger partial charge in [-0.2, -0.15) is 0 Å². The summed E-state index contributed by atoms with van der Waals surface area (Å²) >= 11 is 0. The van der Waals surface area contributed by atoms with Crippen LogP contribution in [-0.4, -0.2) is 46.9 Å². The first-order valence-electron chi connectivity index (χ1n) is 6.19. The van der Waals surface area contributed by atoms with E-state index in [-0.39, 0.29) is 30.7 Å². The molecule has 5 nitrogen and oxygen atoms in total. The van der Waals surface area contributed by atoms with Crippen LogP contribution in [0.4, 0.5) is 4.79 Å². The average molecular weight is 242 g/mol. The largest absolute Gasteiger partial charge is 0.444 e. The van der Waals surface area contributed by atoms with Crippen LogP contribution in [0.5, 0.6) is 0 Å². The van der Waals surface area contributed by atoms with Gasteiger partial charge < -0.3 is 20.5 Å². The first kappa shape index (κ1) is 12.6. The van der Waals surface area contributed by atoms with Crippen molar-refractivity contribution in [2.75, 3.05) is 13.2 Å². The van der Waals surface area contributed by atoms with Gasteiger partial charge in [0.2, 0.25) is 0 Å². The van der Waals surface area contributed by atoms with Crippen LogP contribution in [0.2, 0.25) is 0 Å². The number of fused-ring (bicyclic) bond motifs is 1. The summed E-state index contributed by atoms with van der Waals surface area (Å²) in [6.45, 7) is 6.30. The molecular weight excluding hydrogens is 220 g/mol. The molecule has 2 bridgehead atoms. The molecule has 17 heavy (non-hydrogen) atoms. The molecule has 3 aliphatic rings. The van der Waals surface area contributed by atoms with Crippen molar-refractivity contribution in [1.29, 1.82) is 0 Å². The number of nitrogens with two attached hydrogens (primary N) is 1. The van der Waals surface area contributed by atoms with Crippen molar-refractivity contribution in [3.05, 3.63) is 0 Å². The van der Waals surface area contributed by atoms with Gasteiger partial charge in [0.05, 0.1) is 6.61 Å². The number of hydrogen-bond donors (Lipinski definition) is 2. The number of hydrogen-bond acceptors (Lipinski definition) is 4. The molecule has 2 saturated heterocycles. The van der Waals surface area contributed by atoms with E-state index in [9.17, 15) is 4.79 Å². The van der Waals surface area contributed by atoms with Crippen molar-refractivity contribution < 1.29 is 14.6 Å². The highest BCUT2D eigenvalue weighted by Gasteiger charge is 2.56. The summed E-state index contributed by atoms with van der Waals surface area (Å²) in [5.41, 5.74) is 5.40. The van der Waals surface area contributed by atoms with Crippen molar-refractivity contribution >= 4 is 6.09 Å². The van der Waals surface area contributed by atoms with Crippen LogP contribution in [0, 0.1) is 11.8 Å². The second-order valence-corrected chi connectivity index (χ2v) is 6.12. The number of ether oxygens (including phenoxy) is 1. The quantitative estimate of drug-likeness (QED) is 0.742. The zero-order chi connectivity index (χ0) is 12.8. The molecular formula is C12H22N2O3. The minimum atomic E-state index is -0.460. The number of aliphatic hydroxyl groups excluding tert-OH is 1. The Morgan fingerprint density at radius 2 is 2.24 bits per heavy atom. The summed E-state index contributed by atoms with van der Waals surface area (Å²) in [7, 11) is 0. The van der Waals surface area contributed by atoms with E-state index in [1.165, 1.54) is 0 Å². The molecule has 5 heteroatoms. The lowest BCUT2D eigenvalue weighted by molar-refractivity contribution is 0.0169. The van der Waals surface area contributed by atoms with Crippen molar-refractivity contribution in [3.8, 4) is 0 Å². The van der Waals surface area contributed by atoms with Gasteiger partial charge in [-0.15, -0.1) is 0 Å². The van der Waals surface area contributed by atoms with Crippen LogP contribution >= 0.6 is 0 Å². The Hall–Kier alpha value is -0.810. The third kappa shape index (κ3) is 2.26. The van der Waals surface area contributed by atoms with Gasteiger partial charge in [0.15, 0.2) is 0 Å². The van der Waals surface area contributed by atoms with Crippen molar-refractivity contribution in [2.24, 2.45) is 17.6 Å². The number of nitrogens with zero attached hydrogens (tertiary/aromatic N) is 1. The summed E-state index contributed by atoms with van der Waals surface area (Å²) < 4.78 is 5.36. The lowest BCUT2D eigenvalue weighted by atomic mass is 9.70. The maximum atomic E-state index is 12.0. The Morgan fingerprint density at radius 3 is 2.76 bits per heavy atom. The van der Waals surface area contributed by atoms with Gasteiger partial charge in [0.25, 0.3) is 0 Å². The van der Waals surface area contributed by atoms with E-state index in [0.717, 1.165) is 13.0 Å². The van der Waals surface area contributed by atoms with E-state index >= 15 is 0 Å². The molecule has 3 fully saturated rings. The van der Waals surface area contributed by atoms with E-state index in [1.807, 2.05) is 20.8 Å². The predicted molar refractivity (Wildman–Crippen MR) is 63.4 cm³/mol. The number of amides is 1. The second-order valence-electron chi connectivity index (χ2n) is 6.12. The van der Waals surface area contributed by atoms with Gasteiger partial charge in [0.1, 0.15) is 5.60 Å². The monoisotopic (exact) mass is 242 g/mol. The fourth-order valence-electron chi connectivity index (χ4n) is 2.95. The number of rotatable bonds is 2. The molecule has 3 rings (SSSR count). The summed E-state index contributed by atoms with van der Waals surface area (Å²) in [4.78, 5) is 13.7. The zero-order valence-corrected chi connectivity index (χ0v) is 10.7. The zero-order valence-electron chi connectivity index (χ0n) is 10.7. The molecule has 1 saturated carbocycles. The van der Waals surface area contributed by atoms with Gasteiger partial charge in [-0.1, -0.05) is 0 Å². The summed E-state index contributed by atoms with van der Waals surface area (Å²) in [5, 5.41) is 9.09. The predicted octanol–water partition coefficient (Wildman–Crippen LogP) is 0.561. The van der Waals surface area contributed by atoms with E-state index in [1.54, 1.807) is 4.90 Å². The summed E-state index contributed by atoms with van der Waals surface area (Å²) in [6.07, 6.45) is 0.745. The Labute approximate surface area is 102 Å². The molecule has 4 atom stereocenters. The average Bonchev–Trinajstić information content (AvgIpc) is 2.71. The SMILES string of the molecule is CC(C)(C)OC(=O)N1C[C@@H]2C[C@H]1C2[C@H](N)CO. The molecule has 0 aromatic rings. The van der Waals surface area contributed by atoms with Gasteiger partial charge >= 0.3 is 6.09 Å². The fourth-order valence-corrected chi connectivity index (χ4v) is 2.95. The first-order valence-corrected chi connectivity index (χ1v) is 6.19. The molecule has 0 radical (unpaired) electrons. The van der Waals surface area contributed by atoms with Crippen LogP contribution in [0.3, 0.4) is 0 Å². The Kier molecular flexibility index (Phi) is 3.08. The second kappa shape index (κ2) is 4.14. The normalized spacial score (nSPS) is 33.2. The molecule has 0 spiro atoms. The highest BCUT2D eigenvalue weighted by atomic mass is 16.6. The number of carbonyl (C=O) groups is 1. The highest BCUT2D eigenvalue weighted by molar-refractivity contribution is 5.69. The molecule has 2 aliphatic heterocycles. The Morgan fingerprint density at radius 1 is 1.59 bits per heavy atom. The fraction of sp³-hybridized carbons (Fsp3) is 0.917. The third-order valence-corrected chi connectivity index (χ3v) is 3.70. The maximum Gasteiger partial charge on any atom is 0.410 e. The lowest BCUT2D eigenvalue weighted by Gasteiger charge is -2.39. The molecule has 1 unspecified atom stereocenters. The molecule has 98 valence electrons. The molecule has 2 heterocycles. The van der Waals surface area contributed by atoms with E-state index in [0.29, 0.717) is 5.92 Å². The molecule has 1 amide bonds. The van der Waals surface area contributed by atoms with Crippen LogP contribution in [0.15, 0.2) is 0 Å². The van der Waals surface area contributed by atoms with Crippen molar-refractivity contribution in [1.82, 2.24) is 4.90 Å². The van der Waals surface area contributed by atoms with E-state index < -0.39 is 5.60 Å². The van der Waals surface area contributed by atoms with Crippen LogP contribution in [0.25, 0.3) is 0 Å². The molecule has 0 aromatic heterocycles. The van der Waals surface area contributed by atoms with Gasteiger partial charge in [-0.05, 0) is 33.1 Å². The number of aliphatic hydroxyl groups is 1. The molecule has 0 aromatic carbocycles. The van der Waals surface area contributed by atoms with Crippen LogP contribution < -0.4 is 5.73 Å². The van der Waals surface area contributed by atoms with Gasteiger partial charge in [-0.3, -0.25) is 0 Å². The van der Waals surface area contributed by atoms with E-state index in [4.69, 9.17) is 15.6 Å². The highest BCUT2D eigenvalue weighted by Crippen LogP contribution is 2.47. The van der Waals surface area contributed by atoms with Crippen LogP contribution in [-0.2, 0) is 4.74 Å². The topological polar surface area (TPSA) is 75.8 Å². The van der Waals surface area contributed by atoms with Gasteiger partial charge in [-0.25, -0.2) is 4.79 Å². The van der Waals surface area contributed by atoms with Crippen molar-refractivity contribution in [3.63, 3.8) is 0 Å². The number of carbonyl (C=O) groups excluding carboxylic acids is 1. The van der Waals surface area contributed by atoms with Crippen LogP contribution in [0.1, 0.15) is 27.2 Å². The minimum absolute atomic E-state index is 0.0141. The third-order valence-electron chi connectivity index (χ3n) is 3.70.